The number of carbonyl (C=O) groups excluding carboxylic acids is 1. The number of aromatic nitrogens is 1. The molecule has 4 aromatic rings. The fourth-order valence-electron chi connectivity index (χ4n) is 4.33. The maximum atomic E-state index is 13.7. The molecule has 0 aliphatic carbocycles. The first kappa shape index (κ1) is 23.6. The molecule has 1 aromatic heterocycles. The third-order valence-electron chi connectivity index (χ3n) is 6.12. The van der Waals surface area contributed by atoms with Crippen LogP contribution in [0, 0.1) is 0 Å². The Morgan fingerprint density at radius 1 is 0.917 bits per heavy atom. The number of ether oxygens (including phenoxy) is 2. The lowest BCUT2D eigenvalue weighted by atomic mass is 10.1. The van der Waals surface area contributed by atoms with Gasteiger partial charge in [0.15, 0.2) is 5.11 Å². The molecule has 0 radical (unpaired) electrons. The van der Waals surface area contributed by atoms with Crippen molar-refractivity contribution in [3.8, 4) is 22.8 Å². The Morgan fingerprint density at radius 3 is 2.19 bits per heavy atom. The fraction of sp³-hybridized carbons (Fsp3) is 0.179. The Labute approximate surface area is 214 Å². The number of rotatable bonds is 8. The third kappa shape index (κ3) is 4.67. The second-order valence-corrected chi connectivity index (χ2v) is 8.77. The van der Waals surface area contributed by atoms with E-state index in [1.54, 1.807) is 19.1 Å². The van der Waals surface area contributed by atoms with Crippen LogP contribution in [0.15, 0.2) is 89.5 Å². The molecular formula is C28H25N3O4S. The van der Waals surface area contributed by atoms with Gasteiger partial charge in [0.1, 0.15) is 29.0 Å². The van der Waals surface area contributed by atoms with Crippen LogP contribution in [0.1, 0.15) is 11.3 Å². The van der Waals surface area contributed by atoms with Crippen LogP contribution >= 0.6 is 12.2 Å². The van der Waals surface area contributed by atoms with E-state index >= 15 is 0 Å². The molecule has 3 aromatic carbocycles. The number of nitrogens with zero attached hydrogens (tertiary/aromatic N) is 3. The third-order valence-corrected chi connectivity index (χ3v) is 6.54. The molecule has 7 nitrogen and oxygen atoms in total. The Hall–Kier alpha value is -4.17. The van der Waals surface area contributed by atoms with Crippen molar-refractivity contribution < 1.29 is 18.8 Å². The number of hydrogen-bond acceptors (Lipinski definition) is 6. The quantitative estimate of drug-likeness (QED) is 0.312. The monoisotopic (exact) mass is 499 g/mol. The van der Waals surface area contributed by atoms with Gasteiger partial charge in [0.05, 0.1) is 19.9 Å². The molecule has 1 atom stereocenters. The number of anilines is 1. The predicted molar refractivity (Wildman–Crippen MR) is 141 cm³/mol. The predicted octanol–water partition coefficient (Wildman–Crippen LogP) is 5.10. The molecular weight excluding hydrogens is 474 g/mol. The number of methoxy groups -OCH3 is 2. The van der Waals surface area contributed by atoms with Gasteiger partial charge in [0, 0.05) is 30.7 Å². The minimum atomic E-state index is -0.563. The van der Waals surface area contributed by atoms with E-state index in [-0.39, 0.29) is 5.91 Å². The summed E-state index contributed by atoms with van der Waals surface area (Å²) in [4.78, 5) is 17.2. The first-order valence-electron chi connectivity index (χ1n) is 11.5. The average Bonchev–Trinajstić information content (AvgIpc) is 3.48. The summed E-state index contributed by atoms with van der Waals surface area (Å²) in [5.74, 6) is 1.83. The minimum Gasteiger partial charge on any atom is -0.497 e. The Kier molecular flexibility index (Phi) is 6.69. The van der Waals surface area contributed by atoms with Gasteiger partial charge in [-0.15, -0.1) is 0 Å². The molecule has 2 heterocycles. The van der Waals surface area contributed by atoms with Gasteiger partial charge in [-0.05, 0) is 42.0 Å². The van der Waals surface area contributed by atoms with Crippen LogP contribution in [-0.2, 0) is 17.8 Å². The number of thiocarbonyl (C=S) groups is 1. The van der Waals surface area contributed by atoms with Gasteiger partial charge in [-0.25, -0.2) is 0 Å². The second-order valence-electron chi connectivity index (χ2n) is 8.40. The smallest absolute Gasteiger partial charge is 0.256 e. The van der Waals surface area contributed by atoms with Gasteiger partial charge in [-0.2, -0.15) is 0 Å². The molecule has 182 valence electrons. The van der Waals surface area contributed by atoms with Crippen molar-refractivity contribution in [3.63, 3.8) is 0 Å². The summed E-state index contributed by atoms with van der Waals surface area (Å²) < 4.78 is 16.5. The molecule has 0 spiro atoms. The van der Waals surface area contributed by atoms with Crippen molar-refractivity contribution in [2.45, 2.75) is 19.0 Å². The van der Waals surface area contributed by atoms with Crippen LogP contribution in [0.5, 0.6) is 11.5 Å². The first-order chi connectivity index (χ1) is 17.6. The Balaban J connectivity index is 1.48. The van der Waals surface area contributed by atoms with E-state index in [9.17, 15) is 4.79 Å². The molecule has 1 saturated heterocycles. The van der Waals surface area contributed by atoms with Crippen molar-refractivity contribution in [1.29, 1.82) is 0 Å². The van der Waals surface area contributed by atoms with Crippen LogP contribution < -0.4 is 14.4 Å². The standard InChI is InChI=1S/C28H25N3O4S/c1-33-22-13-19(14-23(15-22)34-2)18-30-26(27(32)31(28(30)36)21-11-7-4-8-12-21)17-24-16-25(29-35-24)20-9-5-3-6-10-20/h3-16,26H,17-18H2,1-2H3. The van der Waals surface area contributed by atoms with E-state index in [4.69, 9.17) is 26.2 Å². The number of carbonyl (C=O) groups is 1. The van der Waals surface area contributed by atoms with Gasteiger partial charge in [0.25, 0.3) is 5.91 Å². The van der Waals surface area contributed by atoms with E-state index in [1.807, 2.05) is 89.8 Å². The SMILES string of the molecule is COc1cc(CN2C(=S)N(c3ccccc3)C(=O)C2Cc2cc(-c3ccccc3)no2)cc(OC)c1. The van der Waals surface area contributed by atoms with E-state index in [0.717, 1.165) is 22.5 Å². The average molecular weight is 500 g/mol. The summed E-state index contributed by atoms with van der Waals surface area (Å²) >= 11 is 5.84. The molecule has 0 N–H and O–H groups in total. The van der Waals surface area contributed by atoms with Crippen molar-refractivity contribution in [2.24, 2.45) is 0 Å². The molecule has 0 bridgehead atoms. The van der Waals surface area contributed by atoms with Crippen LogP contribution in [0.3, 0.4) is 0 Å². The first-order valence-corrected chi connectivity index (χ1v) is 11.9. The molecule has 1 fully saturated rings. The van der Waals surface area contributed by atoms with E-state index in [2.05, 4.69) is 5.16 Å². The van der Waals surface area contributed by atoms with Crippen LogP contribution in [0.25, 0.3) is 11.3 Å². The van der Waals surface area contributed by atoms with Gasteiger partial charge in [0.2, 0.25) is 0 Å². The van der Waals surface area contributed by atoms with Crippen molar-refractivity contribution in [2.75, 3.05) is 19.1 Å². The normalized spacial score (nSPS) is 15.4. The summed E-state index contributed by atoms with van der Waals surface area (Å²) in [6.07, 6.45) is 0.323. The summed E-state index contributed by atoms with van der Waals surface area (Å²) in [5, 5.41) is 4.65. The molecule has 0 saturated carbocycles. The van der Waals surface area contributed by atoms with E-state index < -0.39 is 6.04 Å². The highest BCUT2D eigenvalue weighted by Gasteiger charge is 2.43. The molecule has 8 heteroatoms. The topological polar surface area (TPSA) is 68.0 Å². The molecule has 1 amide bonds. The van der Waals surface area contributed by atoms with Crippen molar-refractivity contribution in [3.05, 3.63) is 96.3 Å². The maximum Gasteiger partial charge on any atom is 0.256 e. The van der Waals surface area contributed by atoms with E-state index in [1.165, 1.54) is 0 Å². The second kappa shape index (κ2) is 10.2. The molecule has 5 rings (SSSR count). The van der Waals surface area contributed by atoms with Gasteiger partial charge in [-0.1, -0.05) is 53.7 Å². The molecule has 36 heavy (non-hydrogen) atoms. The van der Waals surface area contributed by atoms with Crippen LogP contribution in [0.2, 0.25) is 0 Å². The summed E-state index contributed by atoms with van der Waals surface area (Å²) in [5.41, 5.74) is 3.31. The fourth-order valence-corrected chi connectivity index (χ4v) is 4.71. The largest absolute Gasteiger partial charge is 0.497 e. The number of hydrogen-bond donors (Lipinski definition) is 0. The zero-order chi connectivity index (χ0) is 25.1. The van der Waals surface area contributed by atoms with Gasteiger partial charge < -0.3 is 18.9 Å². The summed E-state index contributed by atoms with van der Waals surface area (Å²) in [7, 11) is 3.22. The lowest BCUT2D eigenvalue weighted by molar-refractivity contribution is -0.119. The number of benzene rings is 3. The highest BCUT2D eigenvalue weighted by atomic mass is 32.1. The highest BCUT2D eigenvalue weighted by Crippen LogP contribution is 2.31. The van der Waals surface area contributed by atoms with Crippen LogP contribution in [-0.4, -0.2) is 41.3 Å². The molecule has 1 unspecified atom stereocenters. The van der Waals surface area contributed by atoms with Crippen molar-refractivity contribution >= 4 is 28.9 Å². The summed E-state index contributed by atoms with van der Waals surface area (Å²) in [6.45, 7) is 0.395. The Bertz CT molecular complexity index is 1350. The van der Waals surface area contributed by atoms with Crippen LogP contribution in [0.4, 0.5) is 5.69 Å². The highest BCUT2D eigenvalue weighted by molar-refractivity contribution is 7.80. The lowest BCUT2D eigenvalue weighted by Crippen LogP contribution is -2.36. The van der Waals surface area contributed by atoms with Crippen molar-refractivity contribution in [1.82, 2.24) is 10.1 Å². The van der Waals surface area contributed by atoms with E-state index in [0.29, 0.717) is 35.3 Å². The van der Waals surface area contributed by atoms with Gasteiger partial charge in [-0.3, -0.25) is 9.69 Å². The maximum absolute atomic E-state index is 13.7. The number of para-hydroxylation sites is 1. The minimum absolute atomic E-state index is 0.112. The number of amides is 1. The Morgan fingerprint density at radius 2 is 1.56 bits per heavy atom. The lowest BCUT2D eigenvalue weighted by Gasteiger charge is -2.24. The summed E-state index contributed by atoms with van der Waals surface area (Å²) in [6, 6.07) is 26.2. The molecule has 1 aliphatic rings. The zero-order valence-electron chi connectivity index (χ0n) is 20.0. The molecule has 1 aliphatic heterocycles. The zero-order valence-corrected chi connectivity index (χ0v) is 20.8. The van der Waals surface area contributed by atoms with Gasteiger partial charge >= 0.3 is 0 Å².